The highest BCUT2D eigenvalue weighted by Crippen LogP contribution is 2.37. The average molecular weight is 298 g/mol. The summed E-state index contributed by atoms with van der Waals surface area (Å²) < 4.78 is 4.78. The van der Waals surface area contributed by atoms with Crippen LogP contribution in [-0.4, -0.2) is 6.26 Å². The van der Waals surface area contributed by atoms with Crippen LogP contribution in [0.3, 0.4) is 0 Å². The highest BCUT2D eigenvalue weighted by atomic mass is 32.2. The van der Waals surface area contributed by atoms with E-state index in [1.165, 1.54) is 5.56 Å². The second-order valence-electron chi connectivity index (χ2n) is 5.88. The van der Waals surface area contributed by atoms with Gasteiger partial charge in [0, 0.05) is 29.4 Å². The van der Waals surface area contributed by atoms with Gasteiger partial charge in [-0.3, -0.25) is 0 Å². The zero-order chi connectivity index (χ0) is 15.3. The van der Waals surface area contributed by atoms with Gasteiger partial charge in [-0.1, -0.05) is 53.7 Å². The Hall–Kier alpha value is -0.710. The molecule has 0 radical (unpaired) electrons. The summed E-state index contributed by atoms with van der Waals surface area (Å²) in [7, 11) is 0. The Kier molecular flexibility index (Phi) is 6.86. The first kappa shape index (κ1) is 17.3. The van der Waals surface area contributed by atoms with Gasteiger partial charge < -0.3 is 4.89 Å². The van der Waals surface area contributed by atoms with E-state index in [-0.39, 0.29) is 0 Å². The van der Waals surface area contributed by atoms with Crippen molar-refractivity contribution in [2.24, 2.45) is 0 Å². The zero-order valence-electron chi connectivity index (χ0n) is 13.5. The van der Waals surface area contributed by atoms with E-state index in [4.69, 9.17) is 14.3 Å². The molecule has 0 aliphatic rings. The Labute approximate surface area is 127 Å². The Balaban J connectivity index is 3.27. The van der Waals surface area contributed by atoms with Crippen molar-refractivity contribution in [2.45, 2.75) is 59.3 Å². The molecule has 0 fully saturated rings. The summed E-state index contributed by atoms with van der Waals surface area (Å²) in [6.45, 7) is 13.0. The molecule has 0 atom stereocenters. The number of hydrogen-bond acceptors (Lipinski definition) is 4. The third-order valence-electron chi connectivity index (χ3n) is 3.29. The first-order chi connectivity index (χ1) is 9.38. The van der Waals surface area contributed by atoms with Crippen LogP contribution in [0.2, 0.25) is 0 Å². The van der Waals surface area contributed by atoms with Gasteiger partial charge in [-0.25, -0.2) is 0 Å². The van der Waals surface area contributed by atoms with Crippen LogP contribution in [0.5, 0.6) is 5.75 Å². The van der Waals surface area contributed by atoms with Crippen LogP contribution in [-0.2, 0) is 9.37 Å². The average Bonchev–Trinajstić information content (AvgIpc) is 2.37. The van der Waals surface area contributed by atoms with E-state index in [9.17, 15) is 0 Å². The van der Waals surface area contributed by atoms with Crippen molar-refractivity contribution in [1.29, 1.82) is 0 Å². The molecule has 4 heteroatoms. The van der Waals surface area contributed by atoms with Crippen molar-refractivity contribution in [3.8, 4) is 5.75 Å². The maximum atomic E-state index is 5.42. The SMILES string of the molecule is CSOOOc1c(C(C)C)cc(C(C)C)cc1C(C)C. The van der Waals surface area contributed by atoms with Crippen molar-refractivity contribution in [2.75, 3.05) is 6.26 Å². The predicted molar refractivity (Wildman–Crippen MR) is 85.0 cm³/mol. The molecule has 0 saturated heterocycles. The Bertz CT molecular complexity index is 399. The molecule has 20 heavy (non-hydrogen) atoms. The van der Waals surface area contributed by atoms with Crippen LogP contribution in [0, 0.1) is 0 Å². The van der Waals surface area contributed by atoms with Crippen LogP contribution in [0.4, 0.5) is 0 Å². The largest absolute Gasteiger partial charge is 0.307 e. The summed E-state index contributed by atoms with van der Waals surface area (Å²) in [5, 5.41) is 4.81. The van der Waals surface area contributed by atoms with E-state index in [1.807, 2.05) is 0 Å². The molecule has 0 saturated carbocycles. The lowest BCUT2D eigenvalue weighted by atomic mass is 9.88. The van der Waals surface area contributed by atoms with Crippen molar-refractivity contribution in [1.82, 2.24) is 0 Å². The summed E-state index contributed by atoms with van der Waals surface area (Å²) in [5.41, 5.74) is 3.64. The topological polar surface area (TPSA) is 27.7 Å². The molecule has 0 aliphatic heterocycles. The van der Waals surface area contributed by atoms with E-state index in [0.717, 1.165) is 28.9 Å². The van der Waals surface area contributed by atoms with Crippen molar-refractivity contribution >= 4 is 12.0 Å². The molecule has 1 rings (SSSR count). The molecule has 0 amide bonds. The van der Waals surface area contributed by atoms with Gasteiger partial charge in [0.15, 0.2) is 5.75 Å². The highest BCUT2D eigenvalue weighted by molar-refractivity contribution is 7.93. The van der Waals surface area contributed by atoms with Crippen molar-refractivity contribution < 1.29 is 14.3 Å². The molecule has 0 N–H and O–H groups in total. The molecule has 3 nitrogen and oxygen atoms in total. The molecule has 0 unspecified atom stereocenters. The monoisotopic (exact) mass is 298 g/mol. The summed E-state index contributed by atoms with van der Waals surface area (Å²) in [4.78, 5) is 5.42. The van der Waals surface area contributed by atoms with Gasteiger partial charge in [-0.2, -0.15) is 0 Å². The van der Waals surface area contributed by atoms with Gasteiger partial charge in [0.05, 0.1) is 0 Å². The minimum atomic E-state index is 0.360. The van der Waals surface area contributed by atoms with Gasteiger partial charge in [0.2, 0.25) is 0 Å². The summed E-state index contributed by atoms with van der Waals surface area (Å²) >= 11 is 1.11. The standard InChI is InChI=1S/C16H26O3S/c1-10(2)13-8-14(11(3)4)16(17-18-19-20-7)15(9-13)12(5)6/h8-12H,1-7H3. The third-order valence-corrected chi connectivity index (χ3v) is 3.48. The first-order valence-electron chi connectivity index (χ1n) is 7.10. The summed E-state index contributed by atoms with van der Waals surface area (Å²) in [6.07, 6.45) is 1.78. The fourth-order valence-corrected chi connectivity index (χ4v) is 2.14. The number of hydrogen-bond donors (Lipinski definition) is 0. The molecular weight excluding hydrogens is 272 g/mol. The Morgan fingerprint density at radius 3 is 1.70 bits per heavy atom. The lowest BCUT2D eigenvalue weighted by Gasteiger charge is -2.20. The fraction of sp³-hybridized carbons (Fsp3) is 0.625. The van der Waals surface area contributed by atoms with Crippen LogP contribution in [0.15, 0.2) is 12.1 Å². The number of rotatable bonds is 7. The van der Waals surface area contributed by atoms with Gasteiger partial charge in [0.1, 0.15) is 0 Å². The van der Waals surface area contributed by atoms with E-state index >= 15 is 0 Å². The Morgan fingerprint density at radius 2 is 1.35 bits per heavy atom. The lowest BCUT2D eigenvalue weighted by Crippen LogP contribution is -2.06. The summed E-state index contributed by atoms with van der Waals surface area (Å²) in [6, 6.07) is 4.41. The molecule has 0 aromatic heterocycles. The molecule has 0 bridgehead atoms. The second kappa shape index (κ2) is 7.91. The quantitative estimate of drug-likeness (QED) is 0.284. The summed E-state index contributed by atoms with van der Waals surface area (Å²) in [5.74, 6) is 1.99. The fourth-order valence-electron chi connectivity index (χ4n) is 2.06. The van der Waals surface area contributed by atoms with Crippen molar-refractivity contribution in [3.63, 3.8) is 0 Å². The molecule has 0 spiro atoms. The normalized spacial score (nSPS) is 11.7. The minimum Gasteiger partial charge on any atom is -0.307 e. The molecule has 114 valence electrons. The van der Waals surface area contributed by atoms with Crippen LogP contribution in [0.1, 0.15) is 76.0 Å². The van der Waals surface area contributed by atoms with E-state index in [0.29, 0.717) is 17.8 Å². The van der Waals surface area contributed by atoms with Crippen LogP contribution >= 0.6 is 12.0 Å². The highest BCUT2D eigenvalue weighted by Gasteiger charge is 2.19. The van der Waals surface area contributed by atoms with E-state index in [1.54, 1.807) is 6.26 Å². The molecule has 1 aromatic rings. The van der Waals surface area contributed by atoms with Gasteiger partial charge in [-0.05, 0) is 28.4 Å². The molecule has 0 heterocycles. The second-order valence-corrected chi connectivity index (χ2v) is 6.35. The predicted octanol–water partition coefficient (Wildman–Crippen LogP) is 5.58. The van der Waals surface area contributed by atoms with Gasteiger partial charge in [0.25, 0.3) is 0 Å². The molecule has 0 aliphatic carbocycles. The Morgan fingerprint density at radius 1 is 0.850 bits per heavy atom. The van der Waals surface area contributed by atoms with Crippen LogP contribution < -0.4 is 4.89 Å². The third kappa shape index (κ3) is 4.40. The maximum Gasteiger partial charge on any atom is 0.175 e. The van der Waals surface area contributed by atoms with Gasteiger partial charge in [-0.15, -0.1) is 4.33 Å². The zero-order valence-corrected chi connectivity index (χ0v) is 14.3. The first-order valence-corrected chi connectivity index (χ1v) is 8.25. The minimum absolute atomic E-state index is 0.360. The molecule has 1 aromatic carbocycles. The maximum absolute atomic E-state index is 5.42. The van der Waals surface area contributed by atoms with Crippen LogP contribution in [0.25, 0.3) is 0 Å². The van der Waals surface area contributed by atoms with Crippen molar-refractivity contribution in [3.05, 3.63) is 28.8 Å². The smallest absolute Gasteiger partial charge is 0.175 e. The van der Waals surface area contributed by atoms with E-state index in [2.05, 4.69) is 53.7 Å². The lowest BCUT2D eigenvalue weighted by molar-refractivity contribution is -0.404. The van der Waals surface area contributed by atoms with E-state index < -0.39 is 0 Å². The number of benzene rings is 1. The van der Waals surface area contributed by atoms with Gasteiger partial charge >= 0.3 is 0 Å². The molecular formula is C16H26O3S.